The molecule has 2 aromatic rings. The Balaban J connectivity index is 2.17. The second-order valence-electron chi connectivity index (χ2n) is 6.96. The van der Waals surface area contributed by atoms with Crippen molar-refractivity contribution in [2.24, 2.45) is 0 Å². The molecule has 3 amide bonds. The molecule has 0 saturated carbocycles. The first-order valence-corrected chi connectivity index (χ1v) is 10.1. The molecule has 6 nitrogen and oxygen atoms in total. The first-order chi connectivity index (χ1) is 17.6. The molecule has 0 radical (unpaired) electrons. The third kappa shape index (κ3) is 7.10. The summed E-state index contributed by atoms with van der Waals surface area (Å²) >= 11 is 11.2. The number of halogens is 14. The van der Waals surface area contributed by atoms with Crippen molar-refractivity contribution in [3.8, 4) is 5.75 Å². The average Bonchev–Trinajstić information content (AvgIpc) is 2.74. The molecule has 0 fully saturated rings. The molecule has 0 aliphatic carbocycles. The van der Waals surface area contributed by atoms with Crippen LogP contribution in [0.1, 0.15) is 10.4 Å². The van der Waals surface area contributed by atoms with E-state index in [2.05, 4.69) is 9.47 Å². The molecule has 0 saturated heterocycles. The quantitative estimate of drug-likeness (QED) is 0.301. The highest BCUT2D eigenvalue weighted by molar-refractivity contribution is 6.37. The molecule has 2 rings (SSSR count). The highest BCUT2D eigenvalue weighted by atomic mass is 35.5. The average molecular weight is 627 g/mol. The summed E-state index contributed by atoms with van der Waals surface area (Å²) in [5.74, 6) is -12.8. The van der Waals surface area contributed by atoms with E-state index in [1.54, 1.807) is 0 Å². The summed E-state index contributed by atoms with van der Waals surface area (Å²) in [4.78, 5) is 23.8. The number of carbonyl (C=O) groups excluding carboxylic acids is 2. The zero-order chi connectivity index (χ0) is 30.1. The third-order valence-corrected chi connectivity index (χ3v) is 4.71. The van der Waals surface area contributed by atoms with E-state index >= 15 is 0 Å². The van der Waals surface area contributed by atoms with Gasteiger partial charge in [-0.25, -0.2) is 18.0 Å². The van der Waals surface area contributed by atoms with Gasteiger partial charge in [0.25, 0.3) is 5.91 Å². The summed E-state index contributed by atoms with van der Waals surface area (Å²) in [6.07, 6.45) is -24.5. The SMILES string of the molecule is O=C(NC(=O)c1c(F)cccc1F)Nc1cc(Cl)c(OC(F)(F)C(F)OC(F)(F)C(F)(F)C(F)(F)F)c(Cl)c1. The van der Waals surface area contributed by atoms with E-state index in [9.17, 15) is 62.3 Å². The standard InChI is InChI=1S/C19H8Cl2F12N2O4/c20-7-4-6(34-15(37)35-13(36)11-9(22)2-1-3-10(11)23)5-8(21)12(7)38-16(25,26)14(24)39-19(32,33)17(27,28)18(29,30)31/h1-5,14H,(H2,34,35,36,37). The maximum Gasteiger partial charge on any atom is 0.462 e. The predicted octanol–water partition coefficient (Wildman–Crippen LogP) is 7.31. The van der Waals surface area contributed by atoms with Gasteiger partial charge in [-0.3, -0.25) is 14.8 Å². The van der Waals surface area contributed by atoms with Gasteiger partial charge in [0.1, 0.15) is 17.2 Å². The first kappa shape index (κ1) is 32.1. The number of imide groups is 1. The van der Waals surface area contributed by atoms with E-state index in [0.29, 0.717) is 24.3 Å². The lowest BCUT2D eigenvalue weighted by Crippen LogP contribution is -2.56. The number of nitrogens with one attached hydrogen (secondary N) is 2. The van der Waals surface area contributed by atoms with Crippen LogP contribution in [0.3, 0.4) is 0 Å². The van der Waals surface area contributed by atoms with Gasteiger partial charge >= 0.3 is 36.7 Å². The highest BCUT2D eigenvalue weighted by Crippen LogP contribution is 2.49. The Morgan fingerprint density at radius 1 is 0.872 bits per heavy atom. The number of urea groups is 1. The topological polar surface area (TPSA) is 76.7 Å². The van der Waals surface area contributed by atoms with Crippen molar-refractivity contribution in [1.82, 2.24) is 5.32 Å². The normalized spacial score (nSPS) is 13.6. The van der Waals surface area contributed by atoms with Crippen LogP contribution in [0, 0.1) is 11.6 Å². The van der Waals surface area contributed by atoms with Crippen molar-refractivity contribution in [2.75, 3.05) is 5.32 Å². The minimum Gasteiger partial charge on any atom is -0.425 e. The number of hydrogen-bond acceptors (Lipinski definition) is 4. The summed E-state index contributed by atoms with van der Waals surface area (Å²) < 4.78 is 163. The minimum atomic E-state index is -7.09. The van der Waals surface area contributed by atoms with E-state index in [0.717, 1.165) is 6.07 Å². The lowest BCUT2D eigenvalue weighted by Gasteiger charge is -2.30. The molecule has 0 bridgehead atoms. The number of anilines is 1. The second kappa shape index (κ2) is 11.2. The van der Waals surface area contributed by atoms with Gasteiger partial charge in [0.05, 0.1) is 10.0 Å². The van der Waals surface area contributed by atoms with Gasteiger partial charge in [0, 0.05) is 5.69 Å². The molecule has 0 aliphatic rings. The maximum atomic E-state index is 13.9. The van der Waals surface area contributed by atoms with Crippen LogP contribution in [-0.4, -0.2) is 42.6 Å². The van der Waals surface area contributed by atoms with Crippen LogP contribution in [0.2, 0.25) is 10.0 Å². The van der Waals surface area contributed by atoms with Crippen molar-refractivity contribution in [3.05, 3.63) is 57.6 Å². The fourth-order valence-corrected chi connectivity index (χ4v) is 2.96. The number of ether oxygens (including phenoxy) is 2. The molecule has 20 heteroatoms. The zero-order valence-corrected chi connectivity index (χ0v) is 19.4. The Morgan fingerprint density at radius 3 is 1.82 bits per heavy atom. The molecular weight excluding hydrogens is 619 g/mol. The highest BCUT2D eigenvalue weighted by Gasteiger charge is 2.76. The van der Waals surface area contributed by atoms with Crippen LogP contribution in [0.25, 0.3) is 0 Å². The van der Waals surface area contributed by atoms with Crippen molar-refractivity contribution in [1.29, 1.82) is 0 Å². The monoisotopic (exact) mass is 626 g/mol. The van der Waals surface area contributed by atoms with E-state index in [-0.39, 0.29) is 0 Å². The number of amides is 3. The van der Waals surface area contributed by atoms with Crippen molar-refractivity contribution in [3.63, 3.8) is 0 Å². The van der Waals surface area contributed by atoms with Crippen LogP contribution < -0.4 is 15.4 Å². The predicted molar refractivity (Wildman–Crippen MR) is 107 cm³/mol. The summed E-state index contributed by atoms with van der Waals surface area (Å²) in [5.41, 5.74) is -1.71. The lowest BCUT2D eigenvalue weighted by atomic mass is 10.2. The molecule has 2 aromatic carbocycles. The maximum absolute atomic E-state index is 13.9. The molecule has 0 spiro atoms. The van der Waals surface area contributed by atoms with Crippen molar-refractivity contribution in [2.45, 2.75) is 30.7 Å². The van der Waals surface area contributed by atoms with E-state index in [1.807, 2.05) is 5.32 Å². The molecule has 1 unspecified atom stereocenters. The van der Waals surface area contributed by atoms with Crippen molar-refractivity contribution >= 4 is 40.8 Å². The second-order valence-corrected chi connectivity index (χ2v) is 7.78. The smallest absolute Gasteiger partial charge is 0.425 e. The van der Waals surface area contributed by atoms with Gasteiger partial charge in [-0.1, -0.05) is 29.3 Å². The molecule has 39 heavy (non-hydrogen) atoms. The molecule has 1 atom stereocenters. The third-order valence-electron chi connectivity index (χ3n) is 4.15. The molecule has 0 aliphatic heterocycles. The van der Waals surface area contributed by atoms with Gasteiger partial charge in [-0.2, -0.15) is 39.5 Å². The van der Waals surface area contributed by atoms with E-state index in [4.69, 9.17) is 23.2 Å². The summed E-state index contributed by atoms with van der Waals surface area (Å²) in [5, 5.41) is 1.18. The number of hydrogen-bond donors (Lipinski definition) is 2. The van der Waals surface area contributed by atoms with Crippen LogP contribution in [0.15, 0.2) is 30.3 Å². The molecular formula is C19H8Cl2F12N2O4. The molecule has 0 aromatic heterocycles. The molecule has 2 N–H and O–H groups in total. The van der Waals surface area contributed by atoms with Crippen LogP contribution in [0.4, 0.5) is 63.2 Å². The Hall–Kier alpha value is -3.12. The number of alkyl halides is 10. The number of benzene rings is 2. The fraction of sp³-hybridized carbons (Fsp3) is 0.263. The van der Waals surface area contributed by atoms with Gasteiger partial charge in [-0.15, -0.1) is 0 Å². The lowest BCUT2D eigenvalue weighted by molar-refractivity contribution is -0.459. The number of carbonyl (C=O) groups is 2. The number of rotatable bonds is 8. The van der Waals surface area contributed by atoms with E-state index in [1.165, 1.54) is 5.32 Å². The van der Waals surface area contributed by atoms with Crippen LogP contribution >= 0.6 is 23.2 Å². The zero-order valence-electron chi connectivity index (χ0n) is 17.9. The Labute approximate surface area is 217 Å². The van der Waals surface area contributed by atoms with Gasteiger partial charge in [0.15, 0.2) is 5.75 Å². The molecule has 0 heterocycles. The van der Waals surface area contributed by atoms with E-state index < -0.39 is 81.3 Å². The minimum absolute atomic E-state index is 0.507. The van der Waals surface area contributed by atoms with Crippen molar-refractivity contribution < 1.29 is 71.7 Å². The van der Waals surface area contributed by atoms with Gasteiger partial charge in [0.2, 0.25) is 0 Å². The van der Waals surface area contributed by atoms with Crippen LogP contribution in [0.5, 0.6) is 5.75 Å². The van der Waals surface area contributed by atoms with Gasteiger partial charge < -0.3 is 10.1 Å². The van der Waals surface area contributed by atoms with Crippen LogP contribution in [-0.2, 0) is 4.74 Å². The fourth-order valence-electron chi connectivity index (χ4n) is 2.39. The summed E-state index contributed by atoms with van der Waals surface area (Å²) in [6.45, 7) is 0. The Kier molecular flexibility index (Phi) is 9.19. The Bertz CT molecular complexity index is 1220. The largest absolute Gasteiger partial charge is 0.462 e. The summed E-state index contributed by atoms with van der Waals surface area (Å²) in [7, 11) is 0. The first-order valence-electron chi connectivity index (χ1n) is 9.37. The van der Waals surface area contributed by atoms with Gasteiger partial charge in [-0.05, 0) is 24.3 Å². The Morgan fingerprint density at radius 2 is 1.36 bits per heavy atom. The summed E-state index contributed by atoms with van der Waals surface area (Å²) in [6, 6.07) is 1.83. The molecule has 216 valence electrons.